The summed E-state index contributed by atoms with van der Waals surface area (Å²) >= 11 is 0. The SMILES string of the molecule is O=C(OC1C2CC3CC1CN(C3)C2)c1ccc(-c2ccc3[nH]ccc3c2)nc1. The third-order valence-corrected chi connectivity index (χ3v) is 6.79. The van der Waals surface area contributed by atoms with E-state index in [1.54, 1.807) is 6.20 Å². The highest BCUT2D eigenvalue weighted by atomic mass is 16.5. The van der Waals surface area contributed by atoms with Gasteiger partial charge in [0.1, 0.15) is 6.10 Å². The maximum Gasteiger partial charge on any atom is 0.339 e. The number of hydrogen-bond acceptors (Lipinski definition) is 4. The lowest BCUT2D eigenvalue weighted by atomic mass is 9.66. The van der Waals surface area contributed by atoms with E-state index in [9.17, 15) is 4.79 Å². The first-order valence-electron chi connectivity index (χ1n) is 10.2. The van der Waals surface area contributed by atoms with Gasteiger partial charge in [-0.3, -0.25) is 4.98 Å². The first kappa shape index (κ1) is 16.3. The summed E-state index contributed by atoms with van der Waals surface area (Å²) in [5.41, 5.74) is 3.56. The average molecular weight is 373 g/mol. The number of aromatic amines is 1. The van der Waals surface area contributed by atoms with Crippen molar-refractivity contribution in [3.8, 4) is 11.3 Å². The van der Waals surface area contributed by atoms with E-state index in [-0.39, 0.29) is 12.1 Å². The predicted molar refractivity (Wildman–Crippen MR) is 107 cm³/mol. The topological polar surface area (TPSA) is 58.2 Å². The smallest absolute Gasteiger partial charge is 0.339 e. The molecule has 2 unspecified atom stereocenters. The minimum atomic E-state index is -0.229. The van der Waals surface area contributed by atoms with Gasteiger partial charge >= 0.3 is 5.97 Å². The van der Waals surface area contributed by atoms with Crippen LogP contribution in [0.2, 0.25) is 0 Å². The molecule has 5 heterocycles. The molecular weight excluding hydrogens is 350 g/mol. The van der Waals surface area contributed by atoms with Crippen LogP contribution in [-0.2, 0) is 4.74 Å². The van der Waals surface area contributed by atoms with Crippen molar-refractivity contribution in [2.24, 2.45) is 17.8 Å². The molecule has 4 bridgehead atoms. The monoisotopic (exact) mass is 373 g/mol. The molecule has 142 valence electrons. The van der Waals surface area contributed by atoms with Gasteiger partial charge in [-0.05, 0) is 49.1 Å². The van der Waals surface area contributed by atoms with Crippen LogP contribution >= 0.6 is 0 Å². The van der Waals surface area contributed by atoms with Crippen molar-refractivity contribution in [2.45, 2.75) is 18.9 Å². The molecule has 4 aliphatic rings. The third-order valence-electron chi connectivity index (χ3n) is 6.79. The summed E-state index contributed by atoms with van der Waals surface area (Å²) in [6, 6.07) is 12.0. The van der Waals surface area contributed by atoms with E-state index in [4.69, 9.17) is 4.74 Å². The molecule has 1 N–H and O–H groups in total. The Morgan fingerprint density at radius 3 is 2.68 bits per heavy atom. The Hall–Kier alpha value is -2.66. The van der Waals surface area contributed by atoms with Crippen LogP contribution in [0.1, 0.15) is 23.2 Å². The standard InChI is InChI=1S/C23H23N3O2/c27-23(28-22-18-7-14-8-19(22)13-26(11-14)12-18)17-2-4-21(25-10-17)15-1-3-20-16(9-15)5-6-24-20/h1-6,9-10,14,18-19,22,24H,7-8,11-13H2. The van der Waals surface area contributed by atoms with Crippen molar-refractivity contribution in [1.29, 1.82) is 0 Å². The van der Waals surface area contributed by atoms with Crippen molar-refractivity contribution in [1.82, 2.24) is 14.9 Å². The third kappa shape index (κ3) is 2.65. The van der Waals surface area contributed by atoms with Crippen LogP contribution in [0.4, 0.5) is 0 Å². The lowest BCUT2D eigenvalue weighted by Crippen LogP contribution is -2.60. The van der Waals surface area contributed by atoms with Gasteiger partial charge < -0.3 is 14.6 Å². The number of hydrogen-bond donors (Lipinski definition) is 1. The number of rotatable bonds is 3. The Bertz CT molecular complexity index is 1010. The molecule has 3 saturated heterocycles. The van der Waals surface area contributed by atoms with Crippen LogP contribution in [0.3, 0.4) is 0 Å². The Morgan fingerprint density at radius 2 is 1.93 bits per heavy atom. The number of nitrogens with one attached hydrogen (secondary N) is 1. The van der Waals surface area contributed by atoms with E-state index < -0.39 is 0 Å². The Labute approximate surface area is 163 Å². The molecule has 7 rings (SSSR count). The lowest BCUT2D eigenvalue weighted by molar-refractivity contribution is -0.116. The predicted octanol–water partition coefficient (Wildman–Crippen LogP) is 3.73. The molecule has 2 atom stereocenters. The Morgan fingerprint density at radius 1 is 1.07 bits per heavy atom. The van der Waals surface area contributed by atoms with Crippen LogP contribution < -0.4 is 0 Å². The van der Waals surface area contributed by atoms with Crippen LogP contribution in [0.25, 0.3) is 22.2 Å². The van der Waals surface area contributed by atoms with E-state index in [0.29, 0.717) is 17.4 Å². The zero-order valence-corrected chi connectivity index (χ0v) is 15.7. The summed E-state index contributed by atoms with van der Waals surface area (Å²) in [6.07, 6.45) is 6.09. The maximum absolute atomic E-state index is 12.7. The molecule has 0 spiro atoms. The molecule has 0 radical (unpaired) electrons. The maximum atomic E-state index is 12.7. The van der Waals surface area contributed by atoms with Gasteiger partial charge in [0.15, 0.2) is 0 Å². The van der Waals surface area contributed by atoms with E-state index in [0.717, 1.165) is 41.2 Å². The van der Waals surface area contributed by atoms with Crippen LogP contribution in [0.15, 0.2) is 48.8 Å². The number of piperidine rings is 3. The number of nitrogens with zero attached hydrogens (tertiary/aromatic N) is 2. The van der Waals surface area contributed by atoms with Crippen LogP contribution in [0, 0.1) is 17.8 Å². The van der Waals surface area contributed by atoms with Crippen molar-refractivity contribution < 1.29 is 9.53 Å². The van der Waals surface area contributed by atoms with Crippen molar-refractivity contribution in [2.75, 3.05) is 19.6 Å². The van der Waals surface area contributed by atoms with Gasteiger partial charge in [0.25, 0.3) is 0 Å². The van der Waals surface area contributed by atoms with E-state index in [1.165, 1.54) is 19.4 Å². The second-order valence-corrected chi connectivity index (χ2v) is 8.66. The Balaban J connectivity index is 1.19. The molecular formula is C23H23N3O2. The van der Waals surface area contributed by atoms with Gasteiger partial charge in [-0.15, -0.1) is 0 Å². The quantitative estimate of drug-likeness (QED) is 0.711. The second kappa shape index (κ2) is 6.17. The number of carbonyl (C=O) groups excluding carboxylic acids is 1. The number of pyridine rings is 1. The van der Waals surface area contributed by atoms with Gasteiger partial charge in [-0.1, -0.05) is 6.07 Å². The van der Waals surface area contributed by atoms with Gasteiger partial charge in [0, 0.05) is 60.3 Å². The number of benzene rings is 1. The minimum Gasteiger partial charge on any atom is -0.458 e. The summed E-state index contributed by atoms with van der Waals surface area (Å²) in [5, 5.41) is 1.15. The fourth-order valence-corrected chi connectivity index (χ4v) is 5.65. The number of aromatic nitrogens is 2. The average Bonchev–Trinajstić information content (AvgIpc) is 3.18. The summed E-state index contributed by atoms with van der Waals surface area (Å²) in [5.74, 6) is 1.60. The van der Waals surface area contributed by atoms with Crippen molar-refractivity contribution in [3.05, 3.63) is 54.4 Å². The molecule has 1 saturated carbocycles. The highest BCUT2D eigenvalue weighted by Gasteiger charge is 2.49. The van der Waals surface area contributed by atoms with Gasteiger partial charge in [0.05, 0.1) is 11.3 Å². The number of esters is 1. The summed E-state index contributed by atoms with van der Waals surface area (Å²) in [6.45, 7) is 3.42. The molecule has 2 aromatic heterocycles. The van der Waals surface area contributed by atoms with Gasteiger partial charge in [-0.2, -0.15) is 0 Å². The molecule has 0 amide bonds. The molecule has 5 nitrogen and oxygen atoms in total. The van der Waals surface area contributed by atoms with Crippen molar-refractivity contribution >= 4 is 16.9 Å². The molecule has 1 aliphatic carbocycles. The molecule has 3 aromatic rings. The highest BCUT2D eigenvalue weighted by molar-refractivity contribution is 5.90. The molecule has 4 fully saturated rings. The van der Waals surface area contributed by atoms with Crippen molar-refractivity contribution in [3.63, 3.8) is 0 Å². The number of carbonyl (C=O) groups is 1. The molecule has 3 aliphatic heterocycles. The first-order valence-corrected chi connectivity index (χ1v) is 10.2. The van der Waals surface area contributed by atoms with E-state index in [2.05, 4.69) is 27.0 Å². The molecule has 5 heteroatoms. The van der Waals surface area contributed by atoms with E-state index in [1.807, 2.05) is 30.5 Å². The van der Waals surface area contributed by atoms with E-state index >= 15 is 0 Å². The number of ether oxygens (including phenoxy) is 1. The molecule has 1 aromatic carbocycles. The van der Waals surface area contributed by atoms with Crippen LogP contribution in [0.5, 0.6) is 0 Å². The zero-order chi connectivity index (χ0) is 18.7. The summed E-state index contributed by atoms with van der Waals surface area (Å²) < 4.78 is 6.00. The fourth-order valence-electron chi connectivity index (χ4n) is 5.65. The Kier molecular flexibility index (Phi) is 3.60. The summed E-state index contributed by atoms with van der Waals surface area (Å²) in [7, 11) is 0. The fraction of sp³-hybridized carbons (Fsp3) is 0.391. The van der Waals surface area contributed by atoms with Gasteiger partial charge in [-0.25, -0.2) is 4.79 Å². The summed E-state index contributed by atoms with van der Waals surface area (Å²) in [4.78, 5) is 23.0. The lowest BCUT2D eigenvalue weighted by Gasteiger charge is -2.55. The number of fused-ring (bicyclic) bond motifs is 1. The zero-order valence-electron chi connectivity index (χ0n) is 15.7. The highest BCUT2D eigenvalue weighted by Crippen LogP contribution is 2.44. The number of H-pyrrole nitrogens is 1. The van der Waals surface area contributed by atoms with Gasteiger partial charge in [0.2, 0.25) is 0 Å². The molecule has 28 heavy (non-hydrogen) atoms. The largest absolute Gasteiger partial charge is 0.458 e. The van der Waals surface area contributed by atoms with Crippen LogP contribution in [-0.4, -0.2) is 46.6 Å². The normalized spacial score (nSPS) is 30.6. The second-order valence-electron chi connectivity index (χ2n) is 8.66. The minimum absolute atomic E-state index is 0.0796. The first-order chi connectivity index (χ1) is 13.7.